The summed E-state index contributed by atoms with van der Waals surface area (Å²) < 4.78 is 0. The number of halogens is 1. The van der Waals surface area contributed by atoms with Gasteiger partial charge in [-0.25, -0.2) is 0 Å². The minimum atomic E-state index is -0.915. The number of nitrogen functional groups attached to an aromatic ring is 1. The van der Waals surface area contributed by atoms with Crippen LogP contribution in [0.25, 0.3) is 21.8 Å². The molecule has 1 unspecified atom stereocenters. The molecule has 0 aliphatic rings. The van der Waals surface area contributed by atoms with Crippen molar-refractivity contribution in [2.24, 2.45) is 0 Å². The van der Waals surface area contributed by atoms with Crippen LogP contribution in [0, 0.1) is 0 Å². The molecule has 1 aromatic carbocycles. The van der Waals surface area contributed by atoms with Gasteiger partial charge in [0.25, 0.3) is 0 Å². The van der Waals surface area contributed by atoms with E-state index in [1.165, 1.54) is 0 Å². The number of pyridine rings is 2. The van der Waals surface area contributed by atoms with E-state index in [1.54, 1.807) is 43.0 Å². The molecule has 0 radical (unpaired) electrons. The molecule has 6 nitrogen and oxygen atoms in total. The standard InChI is InChI=1S/C17H14ClN5O/c18-10-4-11-15-12(19)7-21-8-14(15)22-16(11)13(5-10)23-17(24)9-2-1-3-20-6-9/h1-8,17,22-24H,19H2. The topological polar surface area (TPSA) is 99.8 Å². The fourth-order valence-corrected chi connectivity index (χ4v) is 3.05. The normalized spacial score (nSPS) is 12.6. The van der Waals surface area contributed by atoms with Crippen LogP contribution in [0.15, 0.2) is 49.1 Å². The number of aromatic nitrogens is 3. The maximum atomic E-state index is 10.4. The summed E-state index contributed by atoms with van der Waals surface area (Å²) in [5.41, 5.74) is 9.57. The second-order valence-corrected chi connectivity index (χ2v) is 5.92. The molecule has 4 rings (SSSR count). The number of benzene rings is 1. The third-order valence-corrected chi connectivity index (χ3v) is 4.12. The van der Waals surface area contributed by atoms with Gasteiger partial charge in [-0.15, -0.1) is 0 Å². The minimum absolute atomic E-state index is 0.542. The van der Waals surface area contributed by atoms with Gasteiger partial charge in [-0.2, -0.15) is 0 Å². The van der Waals surface area contributed by atoms with E-state index < -0.39 is 6.23 Å². The summed E-state index contributed by atoms with van der Waals surface area (Å²) in [7, 11) is 0. The third-order valence-electron chi connectivity index (χ3n) is 3.90. The average Bonchev–Trinajstić information content (AvgIpc) is 2.95. The number of fused-ring (bicyclic) bond motifs is 3. The number of hydrogen-bond acceptors (Lipinski definition) is 5. The molecular formula is C17H14ClN5O. The van der Waals surface area contributed by atoms with Crippen molar-refractivity contribution in [3.8, 4) is 0 Å². The third kappa shape index (κ3) is 2.42. The highest BCUT2D eigenvalue weighted by atomic mass is 35.5. The van der Waals surface area contributed by atoms with E-state index in [-0.39, 0.29) is 0 Å². The monoisotopic (exact) mass is 339 g/mol. The van der Waals surface area contributed by atoms with Gasteiger partial charge in [-0.05, 0) is 18.2 Å². The van der Waals surface area contributed by atoms with Crippen LogP contribution < -0.4 is 11.1 Å². The van der Waals surface area contributed by atoms with Crippen LogP contribution in [0.4, 0.5) is 11.4 Å². The Labute approximate surface area is 142 Å². The van der Waals surface area contributed by atoms with Crippen molar-refractivity contribution < 1.29 is 5.11 Å². The zero-order chi connectivity index (χ0) is 16.7. The molecule has 0 saturated heterocycles. The number of aromatic amines is 1. The SMILES string of the molecule is Nc1cncc2[nH]c3c(NC(O)c4cccnc4)cc(Cl)cc3c12. The van der Waals surface area contributed by atoms with Gasteiger partial charge in [0, 0.05) is 33.8 Å². The Morgan fingerprint density at radius 2 is 2.08 bits per heavy atom. The summed E-state index contributed by atoms with van der Waals surface area (Å²) in [6, 6.07) is 7.15. The molecule has 0 spiro atoms. The van der Waals surface area contributed by atoms with Crippen LogP contribution in [0.3, 0.4) is 0 Å². The van der Waals surface area contributed by atoms with Gasteiger partial charge in [-0.1, -0.05) is 17.7 Å². The molecule has 120 valence electrons. The number of rotatable bonds is 3. The van der Waals surface area contributed by atoms with Crippen LogP contribution in [0.2, 0.25) is 5.02 Å². The van der Waals surface area contributed by atoms with Gasteiger partial charge >= 0.3 is 0 Å². The predicted molar refractivity (Wildman–Crippen MR) is 95.8 cm³/mol. The molecular weight excluding hydrogens is 326 g/mol. The van der Waals surface area contributed by atoms with Gasteiger partial charge in [0.2, 0.25) is 0 Å². The van der Waals surface area contributed by atoms with Gasteiger partial charge in [0.15, 0.2) is 6.23 Å². The molecule has 0 aliphatic heterocycles. The molecule has 0 bridgehead atoms. The second kappa shape index (κ2) is 5.67. The van der Waals surface area contributed by atoms with Crippen LogP contribution in [-0.4, -0.2) is 20.1 Å². The zero-order valence-electron chi connectivity index (χ0n) is 12.5. The fourth-order valence-electron chi connectivity index (χ4n) is 2.83. The number of anilines is 2. The summed E-state index contributed by atoms with van der Waals surface area (Å²) in [5, 5.41) is 15.7. The van der Waals surface area contributed by atoms with Crippen LogP contribution >= 0.6 is 11.6 Å². The van der Waals surface area contributed by atoms with Crippen LogP contribution in [0.5, 0.6) is 0 Å². The Bertz CT molecular complexity index is 1030. The van der Waals surface area contributed by atoms with Crippen molar-refractivity contribution in [1.82, 2.24) is 15.0 Å². The Morgan fingerprint density at radius 3 is 2.88 bits per heavy atom. The lowest BCUT2D eigenvalue weighted by molar-refractivity contribution is 0.208. The number of nitrogens with one attached hydrogen (secondary N) is 2. The lowest BCUT2D eigenvalue weighted by Gasteiger charge is -2.15. The Balaban J connectivity index is 1.86. The predicted octanol–water partition coefficient (Wildman–Crippen LogP) is 3.45. The second-order valence-electron chi connectivity index (χ2n) is 5.49. The first-order valence-electron chi connectivity index (χ1n) is 7.32. The van der Waals surface area contributed by atoms with Crippen molar-refractivity contribution >= 4 is 44.8 Å². The van der Waals surface area contributed by atoms with Gasteiger partial charge in [0.1, 0.15) is 0 Å². The number of aliphatic hydroxyl groups excluding tert-OH is 1. The number of aliphatic hydroxyl groups is 1. The van der Waals surface area contributed by atoms with E-state index in [2.05, 4.69) is 20.3 Å². The quantitative estimate of drug-likeness (QED) is 0.428. The van der Waals surface area contributed by atoms with Crippen molar-refractivity contribution in [2.45, 2.75) is 6.23 Å². The largest absolute Gasteiger partial charge is 0.397 e. The van der Waals surface area contributed by atoms with E-state index in [1.807, 2.05) is 6.07 Å². The Morgan fingerprint density at radius 1 is 1.21 bits per heavy atom. The first-order valence-corrected chi connectivity index (χ1v) is 7.70. The van der Waals surface area contributed by atoms with Crippen molar-refractivity contribution in [3.05, 3.63) is 59.6 Å². The van der Waals surface area contributed by atoms with E-state index >= 15 is 0 Å². The van der Waals surface area contributed by atoms with E-state index in [0.29, 0.717) is 22.0 Å². The minimum Gasteiger partial charge on any atom is -0.397 e. The van der Waals surface area contributed by atoms with E-state index in [9.17, 15) is 5.11 Å². The molecule has 1 atom stereocenters. The summed E-state index contributed by atoms with van der Waals surface area (Å²) in [6.45, 7) is 0. The molecule has 3 aromatic heterocycles. The smallest absolute Gasteiger partial charge is 0.152 e. The molecule has 24 heavy (non-hydrogen) atoms. The zero-order valence-corrected chi connectivity index (χ0v) is 13.2. The van der Waals surface area contributed by atoms with Crippen molar-refractivity contribution in [1.29, 1.82) is 0 Å². The van der Waals surface area contributed by atoms with Gasteiger partial charge in [-0.3, -0.25) is 9.97 Å². The van der Waals surface area contributed by atoms with Gasteiger partial charge in [0.05, 0.1) is 34.8 Å². The Hall–Kier alpha value is -2.83. The molecule has 0 saturated carbocycles. The first-order chi connectivity index (χ1) is 11.6. The Kier molecular flexibility index (Phi) is 3.48. The lowest BCUT2D eigenvalue weighted by atomic mass is 10.1. The van der Waals surface area contributed by atoms with Crippen LogP contribution in [0.1, 0.15) is 11.8 Å². The number of nitrogens with two attached hydrogens (primary N) is 1. The van der Waals surface area contributed by atoms with Gasteiger partial charge < -0.3 is 21.1 Å². The number of nitrogens with zero attached hydrogens (tertiary/aromatic N) is 2. The maximum Gasteiger partial charge on any atom is 0.152 e. The number of hydrogen-bond donors (Lipinski definition) is 4. The highest BCUT2D eigenvalue weighted by Gasteiger charge is 2.15. The molecule has 3 heterocycles. The summed E-state index contributed by atoms with van der Waals surface area (Å²) in [5.74, 6) is 0. The summed E-state index contributed by atoms with van der Waals surface area (Å²) >= 11 is 6.26. The molecule has 0 fully saturated rings. The summed E-state index contributed by atoms with van der Waals surface area (Å²) in [6.07, 6.45) is 5.66. The lowest BCUT2D eigenvalue weighted by Crippen LogP contribution is -2.10. The highest BCUT2D eigenvalue weighted by molar-refractivity contribution is 6.33. The van der Waals surface area contributed by atoms with E-state index in [4.69, 9.17) is 17.3 Å². The molecule has 0 amide bonds. The summed E-state index contributed by atoms with van der Waals surface area (Å²) in [4.78, 5) is 11.4. The molecule has 7 heteroatoms. The fraction of sp³-hybridized carbons (Fsp3) is 0.0588. The molecule has 4 aromatic rings. The van der Waals surface area contributed by atoms with Crippen LogP contribution in [-0.2, 0) is 0 Å². The first kappa shape index (κ1) is 14.7. The molecule has 0 aliphatic carbocycles. The average molecular weight is 340 g/mol. The highest BCUT2D eigenvalue weighted by Crippen LogP contribution is 2.36. The van der Waals surface area contributed by atoms with Crippen molar-refractivity contribution in [2.75, 3.05) is 11.1 Å². The molecule has 5 N–H and O–H groups in total. The maximum absolute atomic E-state index is 10.4. The van der Waals surface area contributed by atoms with E-state index in [0.717, 1.165) is 21.8 Å². The van der Waals surface area contributed by atoms with Crippen molar-refractivity contribution in [3.63, 3.8) is 0 Å². The number of H-pyrrole nitrogens is 1.